The van der Waals surface area contributed by atoms with E-state index in [2.05, 4.69) is 15.0 Å². The van der Waals surface area contributed by atoms with Crippen LogP contribution in [0, 0.1) is 5.82 Å². The van der Waals surface area contributed by atoms with Gasteiger partial charge in [0, 0.05) is 28.9 Å². The van der Waals surface area contributed by atoms with Crippen LogP contribution in [0.3, 0.4) is 0 Å². The molecule has 0 fully saturated rings. The first-order valence-corrected chi connectivity index (χ1v) is 6.81. The lowest BCUT2D eigenvalue weighted by Crippen LogP contribution is -2.07. The normalized spacial score (nSPS) is 13.7. The highest BCUT2D eigenvalue weighted by Gasteiger charge is 2.33. The van der Waals surface area contributed by atoms with Crippen LogP contribution in [0.5, 0.6) is 0 Å². The molecule has 2 aromatic heterocycles. The number of aliphatic imine (C=N–C) groups is 1. The number of benzene rings is 1. The van der Waals surface area contributed by atoms with Crippen LogP contribution in [0.2, 0.25) is 0 Å². The minimum atomic E-state index is -4.51. The molecule has 1 aliphatic heterocycles. The molecular formula is C16H9F4N3. The van der Waals surface area contributed by atoms with Gasteiger partial charge < -0.3 is 4.98 Å². The summed E-state index contributed by atoms with van der Waals surface area (Å²) in [5.41, 5.74) is 0.854. The molecule has 0 bridgehead atoms. The van der Waals surface area contributed by atoms with Gasteiger partial charge in [0.1, 0.15) is 11.5 Å². The Morgan fingerprint density at radius 2 is 2.00 bits per heavy atom. The Morgan fingerprint density at radius 1 is 1.17 bits per heavy atom. The lowest BCUT2D eigenvalue weighted by molar-refractivity contribution is -0.137. The molecule has 0 spiro atoms. The van der Waals surface area contributed by atoms with Gasteiger partial charge in [-0.2, -0.15) is 13.2 Å². The van der Waals surface area contributed by atoms with Gasteiger partial charge in [-0.1, -0.05) is 0 Å². The summed E-state index contributed by atoms with van der Waals surface area (Å²) in [6, 6.07) is 3.64. The summed E-state index contributed by atoms with van der Waals surface area (Å²) in [6.45, 7) is 0.162. The SMILES string of the molecule is Fc1cnc2[nH]ccc2c1-c1cc(C(F)(F)F)cc2c1C=NC2. The van der Waals surface area contributed by atoms with Crippen LogP contribution in [0.1, 0.15) is 16.7 Å². The van der Waals surface area contributed by atoms with Gasteiger partial charge in [0.05, 0.1) is 18.3 Å². The lowest BCUT2D eigenvalue weighted by Gasteiger charge is -2.14. The van der Waals surface area contributed by atoms with Crippen molar-refractivity contribution in [1.29, 1.82) is 0 Å². The average Bonchev–Trinajstić information content (AvgIpc) is 3.13. The van der Waals surface area contributed by atoms with Crippen molar-refractivity contribution < 1.29 is 17.6 Å². The monoisotopic (exact) mass is 319 g/mol. The number of aromatic nitrogens is 2. The first-order chi connectivity index (χ1) is 10.9. The summed E-state index contributed by atoms with van der Waals surface area (Å²) in [5, 5.41) is 0.437. The molecule has 1 N–H and O–H groups in total. The van der Waals surface area contributed by atoms with Crippen LogP contribution >= 0.6 is 0 Å². The number of hydrogen-bond acceptors (Lipinski definition) is 2. The van der Waals surface area contributed by atoms with Crippen molar-refractivity contribution in [2.45, 2.75) is 12.7 Å². The summed E-state index contributed by atoms with van der Waals surface area (Å²) in [6.07, 6.45) is -0.439. The number of halogens is 4. The van der Waals surface area contributed by atoms with E-state index in [0.29, 0.717) is 22.2 Å². The lowest BCUT2D eigenvalue weighted by atomic mass is 9.93. The predicted molar refractivity (Wildman–Crippen MR) is 77.8 cm³/mol. The van der Waals surface area contributed by atoms with E-state index >= 15 is 0 Å². The van der Waals surface area contributed by atoms with Crippen molar-refractivity contribution in [2.24, 2.45) is 4.99 Å². The zero-order chi connectivity index (χ0) is 16.2. The van der Waals surface area contributed by atoms with Gasteiger partial charge in [0.15, 0.2) is 0 Å². The zero-order valence-electron chi connectivity index (χ0n) is 11.6. The predicted octanol–water partition coefficient (Wildman–Crippen LogP) is 4.32. The number of nitrogens with zero attached hydrogens (tertiary/aromatic N) is 2. The Hall–Kier alpha value is -2.70. The van der Waals surface area contributed by atoms with Crippen molar-refractivity contribution >= 4 is 17.2 Å². The van der Waals surface area contributed by atoms with Crippen molar-refractivity contribution in [1.82, 2.24) is 9.97 Å². The summed E-state index contributed by atoms with van der Waals surface area (Å²) in [5.74, 6) is -0.668. The van der Waals surface area contributed by atoms with Crippen molar-refractivity contribution in [3.63, 3.8) is 0 Å². The van der Waals surface area contributed by atoms with Crippen LogP contribution in [-0.2, 0) is 12.7 Å². The summed E-state index contributed by atoms with van der Waals surface area (Å²) in [7, 11) is 0. The van der Waals surface area contributed by atoms with Gasteiger partial charge in [-0.3, -0.25) is 4.99 Å². The maximum absolute atomic E-state index is 14.4. The first-order valence-electron chi connectivity index (χ1n) is 6.81. The highest BCUT2D eigenvalue weighted by molar-refractivity contribution is 6.01. The van der Waals surface area contributed by atoms with Crippen molar-refractivity contribution in [3.8, 4) is 11.1 Å². The standard InChI is InChI=1S/C16H9F4N3/c17-13-7-23-15-10(1-2-22-15)14(13)11-4-9(16(18,19)20)3-8-5-21-6-12(8)11/h1-4,6-7H,5H2,(H,22,23). The summed E-state index contributed by atoms with van der Waals surface area (Å²) < 4.78 is 53.8. The molecule has 3 aromatic rings. The molecule has 4 rings (SSSR count). The molecule has 1 aromatic carbocycles. The van der Waals surface area contributed by atoms with Gasteiger partial charge in [0.2, 0.25) is 0 Å². The number of nitrogens with one attached hydrogen (secondary N) is 1. The van der Waals surface area contributed by atoms with Gasteiger partial charge >= 0.3 is 6.18 Å². The van der Waals surface area contributed by atoms with Gasteiger partial charge in [-0.05, 0) is 29.3 Å². The first kappa shape index (κ1) is 13.9. The van der Waals surface area contributed by atoms with Crippen LogP contribution in [-0.4, -0.2) is 16.2 Å². The van der Waals surface area contributed by atoms with Gasteiger partial charge in [-0.15, -0.1) is 0 Å². The smallest absolute Gasteiger partial charge is 0.346 e. The molecule has 3 heterocycles. The quantitative estimate of drug-likeness (QED) is 0.667. The second-order valence-electron chi connectivity index (χ2n) is 5.29. The molecule has 0 aliphatic carbocycles. The van der Waals surface area contributed by atoms with Crippen molar-refractivity contribution in [2.75, 3.05) is 0 Å². The van der Waals surface area contributed by atoms with E-state index in [0.717, 1.165) is 18.3 Å². The molecule has 0 saturated heterocycles. The third-order valence-corrected chi connectivity index (χ3v) is 3.88. The number of alkyl halides is 3. The number of pyridine rings is 1. The topological polar surface area (TPSA) is 41.0 Å². The Morgan fingerprint density at radius 3 is 2.78 bits per heavy atom. The Bertz CT molecular complexity index is 954. The fourth-order valence-corrected chi connectivity index (χ4v) is 2.86. The molecule has 23 heavy (non-hydrogen) atoms. The van der Waals surface area contributed by atoms with E-state index in [9.17, 15) is 17.6 Å². The van der Waals surface area contributed by atoms with E-state index in [1.54, 1.807) is 12.3 Å². The Labute approximate surface area is 127 Å². The minimum absolute atomic E-state index is 0.104. The van der Waals surface area contributed by atoms with Crippen LogP contribution in [0.25, 0.3) is 22.2 Å². The fraction of sp³-hybridized carbons (Fsp3) is 0.125. The molecule has 0 unspecified atom stereocenters. The molecule has 0 saturated carbocycles. The van der Waals surface area contributed by atoms with Crippen LogP contribution in [0.15, 0.2) is 35.6 Å². The highest BCUT2D eigenvalue weighted by atomic mass is 19.4. The summed E-state index contributed by atoms with van der Waals surface area (Å²) >= 11 is 0. The highest BCUT2D eigenvalue weighted by Crippen LogP contribution is 2.39. The molecule has 116 valence electrons. The van der Waals surface area contributed by atoms with Crippen molar-refractivity contribution in [3.05, 3.63) is 53.1 Å². The van der Waals surface area contributed by atoms with E-state index in [-0.39, 0.29) is 17.7 Å². The minimum Gasteiger partial charge on any atom is -0.346 e. The van der Waals surface area contributed by atoms with E-state index in [1.807, 2.05) is 0 Å². The largest absolute Gasteiger partial charge is 0.416 e. The number of rotatable bonds is 1. The molecule has 1 aliphatic rings. The molecule has 3 nitrogen and oxygen atoms in total. The van der Waals surface area contributed by atoms with E-state index < -0.39 is 17.6 Å². The van der Waals surface area contributed by atoms with E-state index in [1.165, 1.54) is 6.21 Å². The zero-order valence-corrected chi connectivity index (χ0v) is 11.6. The molecule has 0 amide bonds. The van der Waals surface area contributed by atoms with E-state index in [4.69, 9.17) is 0 Å². The van der Waals surface area contributed by atoms with Gasteiger partial charge in [-0.25, -0.2) is 9.37 Å². The number of aromatic amines is 1. The van der Waals surface area contributed by atoms with Crippen LogP contribution < -0.4 is 0 Å². The molecular weight excluding hydrogens is 310 g/mol. The third-order valence-electron chi connectivity index (χ3n) is 3.88. The summed E-state index contributed by atoms with van der Waals surface area (Å²) in [4.78, 5) is 10.8. The number of H-pyrrole nitrogens is 1. The Kier molecular flexibility index (Phi) is 2.81. The van der Waals surface area contributed by atoms with Crippen LogP contribution in [0.4, 0.5) is 17.6 Å². The molecule has 0 radical (unpaired) electrons. The molecule has 7 heteroatoms. The number of hydrogen-bond donors (Lipinski definition) is 1. The number of fused-ring (bicyclic) bond motifs is 2. The van der Waals surface area contributed by atoms with Gasteiger partial charge in [0.25, 0.3) is 0 Å². The maximum Gasteiger partial charge on any atom is 0.416 e. The Balaban J connectivity index is 2.08. The third kappa shape index (κ3) is 2.11. The molecule has 0 atom stereocenters. The fourth-order valence-electron chi connectivity index (χ4n) is 2.86. The maximum atomic E-state index is 14.4. The average molecular weight is 319 g/mol. The second-order valence-corrected chi connectivity index (χ2v) is 5.29. The second kappa shape index (κ2) is 4.65.